The molecule has 150 valence electrons. The molecule has 1 aromatic rings. The normalized spacial score (nSPS) is 25.3. The summed E-state index contributed by atoms with van der Waals surface area (Å²) in [7, 11) is 0. The van der Waals surface area contributed by atoms with Crippen molar-refractivity contribution >= 4 is 11.8 Å². The predicted octanol–water partition coefficient (Wildman–Crippen LogP) is 4.62. The molecule has 2 aliphatic carbocycles. The van der Waals surface area contributed by atoms with Gasteiger partial charge in [0.05, 0.1) is 6.61 Å². The first-order chi connectivity index (χ1) is 13.6. The summed E-state index contributed by atoms with van der Waals surface area (Å²) in [5.41, 5.74) is 1.86. The third-order valence-corrected chi connectivity index (χ3v) is 6.09. The average molecular weight is 382 g/mol. The van der Waals surface area contributed by atoms with Crippen molar-refractivity contribution in [3.8, 4) is 0 Å². The fourth-order valence-electron chi connectivity index (χ4n) is 4.53. The molecule has 1 saturated carbocycles. The first-order valence-electron chi connectivity index (χ1n) is 10.5. The maximum Gasteiger partial charge on any atom is 0.316 e. The van der Waals surface area contributed by atoms with Gasteiger partial charge in [-0.3, -0.25) is 14.6 Å². The van der Waals surface area contributed by atoms with E-state index < -0.39 is 11.9 Å². The number of nitrogens with zero attached hydrogens (tertiary/aromatic N) is 1. The molecule has 0 radical (unpaired) electrons. The molecule has 0 aromatic carbocycles. The quantitative estimate of drug-likeness (QED) is 0.511. The summed E-state index contributed by atoms with van der Waals surface area (Å²) in [6.07, 6.45) is 15.8. The van der Waals surface area contributed by atoms with Crippen molar-refractivity contribution in [2.24, 2.45) is 23.7 Å². The van der Waals surface area contributed by atoms with Crippen LogP contribution < -0.4 is 0 Å². The second kappa shape index (κ2) is 9.81. The fourth-order valence-corrected chi connectivity index (χ4v) is 4.53. The molecule has 0 saturated heterocycles. The number of hydrogen-bond donors (Lipinski definition) is 0. The van der Waals surface area contributed by atoms with Gasteiger partial charge in [-0.25, -0.2) is 0 Å². The SMILES string of the molecule is CCOC(=O)C(Cc1cc(C)ccn1)C(=O)C1CCC(C2C=CC=CC2)CC1. The molecule has 0 bridgehead atoms. The van der Waals surface area contributed by atoms with E-state index in [9.17, 15) is 9.59 Å². The molecule has 0 amide bonds. The molecule has 2 aliphatic rings. The van der Waals surface area contributed by atoms with Crippen molar-refractivity contribution < 1.29 is 14.3 Å². The lowest BCUT2D eigenvalue weighted by Gasteiger charge is -2.33. The second-order valence-corrected chi connectivity index (χ2v) is 8.06. The number of hydrogen-bond acceptors (Lipinski definition) is 4. The van der Waals surface area contributed by atoms with Crippen LogP contribution in [0.1, 0.15) is 50.3 Å². The van der Waals surface area contributed by atoms with Crippen molar-refractivity contribution in [3.05, 3.63) is 53.9 Å². The van der Waals surface area contributed by atoms with E-state index in [4.69, 9.17) is 4.74 Å². The first-order valence-corrected chi connectivity index (χ1v) is 10.5. The molecule has 2 atom stereocenters. The van der Waals surface area contributed by atoms with Gasteiger partial charge in [-0.15, -0.1) is 0 Å². The molecular weight excluding hydrogens is 350 g/mol. The van der Waals surface area contributed by atoms with Crippen molar-refractivity contribution in [1.82, 2.24) is 4.98 Å². The summed E-state index contributed by atoms with van der Waals surface area (Å²) in [4.78, 5) is 30.1. The Labute approximate surface area is 168 Å². The van der Waals surface area contributed by atoms with Crippen molar-refractivity contribution in [1.29, 1.82) is 0 Å². The number of rotatable bonds is 7. The fraction of sp³-hybridized carbons (Fsp3) is 0.542. The van der Waals surface area contributed by atoms with Crippen LogP contribution in [0.5, 0.6) is 0 Å². The standard InChI is InChI=1S/C24H31NO3/c1-3-28-24(27)22(16-21-15-17(2)13-14-25-21)23(26)20-11-9-19(10-12-20)18-7-5-4-6-8-18/h4-7,13-15,18-20,22H,3,8-12,16H2,1-2H3. The van der Waals surface area contributed by atoms with Gasteiger partial charge < -0.3 is 4.74 Å². The van der Waals surface area contributed by atoms with Crippen LogP contribution in [0.15, 0.2) is 42.6 Å². The molecule has 2 unspecified atom stereocenters. The summed E-state index contributed by atoms with van der Waals surface area (Å²) in [5.74, 6) is 0.0904. The van der Waals surface area contributed by atoms with Gasteiger partial charge in [-0.2, -0.15) is 0 Å². The Kier molecular flexibility index (Phi) is 7.18. The van der Waals surface area contributed by atoms with Crippen LogP contribution in [0.3, 0.4) is 0 Å². The zero-order chi connectivity index (χ0) is 19.9. The van der Waals surface area contributed by atoms with E-state index in [1.807, 2.05) is 19.1 Å². The average Bonchev–Trinajstić information content (AvgIpc) is 2.72. The van der Waals surface area contributed by atoms with Crippen LogP contribution in [-0.2, 0) is 20.7 Å². The minimum atomic E-state index is -0.742. The summed E-state index contributed by atoms with van der Waals surface area (Å²) < 4.78 is 5.23. The number of allylic oxidation sites excluding steroid dienone is 4. The zero-order valence-electron chi connectivity index (χ0n) is 17.0. The zero-order valence-corrected chi connectivity index (χ0v) is 17.0. The Bertz CT molecular complexity index is 744. The van der Waals surface area contributed by atoms with E-state index in [2.05, 4.69) is 29.3 Å². The third kappa shape index (κ3) is 5.18. The van der Waals surface area contributed by atoms with Crippen LogP contribution in [0, 0.1) is 30.6 Å². The number of esters is 1. The van der Waals surface area contributed by atoms with Gasteiger partial charge in [-0.1, -0.05) is 24.3 Å². The van der Waals surface area contributed by atoms with E-state index >= 15 is 0 Å². The van der Waals surface area contributed by atoms with Crippen molar-refractivity contribution in [3.63, 3.8) is 0 Å². The van der Waals surface area contributed by atoms with Crippen molar-refractivity contribution in [2.75, 3.05) is 6.61 Å². The Morgan fingerprint density at radius 3 is 2.64 bits per heavy atom. The number of pyridine rings is 1. The molecule has 1 aromatic heterocycles. The van der Waals surface area contributed by atoms with Crippen LogP contribution in [0.4, 0.5) is 0 Å². The number of ketones is 1. The molecule has 0 N–H and O–H groups in total. The van der Waals surface area contributed by atoms with E-state index in [1.165, 1.54) is 0 Å². The molecule has 4 heteroatoms. The van der Waals surface area contributed by atoms with Crippen molar-refractivity contribution in [2.45, 2.75) is 52.4 Å². The number of carbonyl (C=O) groups excluding carboxylic acids is 2. The van der Waals surface area contributed by atoms with E-state index in [-0.39, 0.29) is 18.3 Å². The molecule has 0 aliphatic heterocycles. The maximum atomic E-state index is 13.2. The van der Waals surface area contributed by atoms with Crippen LogP contribution in [0.25, 0.3) is 0 Å². The lowest BCUT2D eigenvalue weighted by atomic mass is 9.71. The highest BCUT2D eigenvalue weighted by Gasteiger charge is 2.37. The van der Waals surface area contributed by atoms with E-state index in [1.54, 1.807) is 13.1 Å². The Morgan fingerprint density at radius 1 is 1.21 bits per heavy atom. The molecule has 1 heterocycles. The Morgan fingerprint density at radius 2 is 2.00 bits per heavy atom. The molecule has 1 fully saturated rings. The molecule has 28 heavy (non-hydrogen) atoms. The Balaban J connectivity index is 1.64. The van der Waals surface area contributed by atoms with Gasteiger partial charge in [0.25, 0.3) is 0 Å². The first kappa shape index (κ1) is 20.5. The number of aryl methyl sites for hydroxylation is 1. The topological polar surface area (TPSA) is 56.3 Å². The van der Waals surface area contributed by atoms with Gasteiger partial charge >= 0.3 is 5.97 Å². The van der Waals surface area contributed by atoms with Gasteiger partial charge in [0, 0.05) is 24.2 Å². The molecule has 3 rings (SSSR count). The minimum absolute atomic E-state index is 0.0410. The summed E-state index contributed by atoms with van der Waals surface area (Å²) >= 11 is 0. The van der Waals surface area contributed by atoms with E-state index in [0.29, 0.717) is 18.3 Å². The maximum absolute atomic E-state index is 13.2. The highest BCUT2D eigenvalue weighted by atomic mass is 16.5. The number of Topliss-reactive ketones (excluding diaryl/α,β-unsaturated/α-hetero) is 1. The minimum Gasteiger partial charge on any atom is -0.465 e. The molecule has 0 spiro atoms. The highest BCUT2D eigenvalue weighted by molar-refractivity contribution is 6.00. The predicted molar refractivity (Wildman–Crippen MR) is 110 cm³/mol. The number of carbonyl (C=O) groups is 2. The number of ether oxygens (including phenoxy) is 1. The number of aromatic nitrogens is 1. The van der Waals surface area contributed by atoms with Gasteiger partial charge in [0.1, 0.15) is 5.92 Å². The third-order valence-electron chi connectivity index (χ3n) is 6.09. The highest BCUT2D eigenvalue weighted by Crippen LogP contribution is 2.38. The van der Waals surface area contributed by atoms with Gasteiger partial charge in [0.15, 0.2) is 5.78 Å². The molecular formula is C24H31NO3. The van der Waals surface area contributed by atoms with Crippen LogP contribution in [-0.4, -0.2) is 23.3 Å². The second-order valence-electron chi connectivity index (χ2n) is 8.06. The Hall–Kier alpha value is -2.23. The monoisotopic (exact) mass is 381 g/mol. The summed E-state index contributed by atoms with van der Waals surface area (Å²) in [6, 6.07) is 3.86. The van der Waals surface area contributed by atoms with Crippen LogP contribution in [0.2, 0.25) is 0 Å². The van der Waals surface area contributed by atoms with Crippen LogP contribution >= 0.6 is 0 Å². The van der Waals surface area contributed by atoms with Gasteiger partial charge in [-0.05, 0) is 75.5 Å². The summed E-state index contributed by atoms with van der Waals surface area (Å²) in [6.45, 7) is 4.06. The lowest BCUT2D eigenvalue weighted by molar-refractivity contribution is -0.153. The summed E-state index contributed by atoms with van der Waals surface area (Å²) in [5, 5.41) is 0. The lowest BCUT2D eigenvalue weighted by Crippen LogP contribution is -2.35. The molecule has 4 nitrogen and oxygen atoms in total. The van der Waals surface area contributed by atoms with E-state index in [0.717, 1.165) is 43.4 Å². The largest absolute Gasteiger partial charge is 0.465 e. The van der Waals surface area contributed by atoms with Gasteiger partial charge in [0.2, 0.25) is 0 Å². The smallest absolute Gasteiger partial charge is 0.316 e.